The van der Waals surface area contributed by atoms with E-state index < -0.39 is 0 Å². The van der Waals surface area contributed by atoms with Gasteiger partial charge in [-0.15, -0.1) is 0 Å². The number of hydrogen-bond acceptors (Lipinski definition) is 3. The predicted molar refractivity (Wildman–Crippen MR) is 80.5 cm³/mol. The van der Waals surface area contributed by atoms with E-state index in [-0.39, 0.29) is 11.2 Å². The van der Waals surface area contributed by atoms with Crippen molar-refractivity contribution in [3.8, 4) is 0 Å². The number of nitrogens with one attached hydrogen (secondary N) is 1. The van der Waals surface area contributed by atoms with Crippen LogP contribution in [0.25, 0.3) is 0 Å². The molecule has 3 nitrogen and oxygen atoms in total. The van der Waals surface area contributed by atoms with Crippen molar-refractivity contribution in [2.45, 2.75) is 77.2 Å². The number of ether oxygens (including phenoxy) is 1. The second-order valence-corrected chi connectivity index (χ2v) is 7.48. The Bertz CT molecular complexity index is 310. The minimum atomic E-state index is -0.0787. The Morgan fingerprint density at radius 2 is 1.79 bits per heavy atom. The van der Waals surface area contributed by atoms with Gasteiger partial charge in [-0.3, -0.25) is 0 Å². The van der Waals surface area contributed by atoms with Crippen LogP contribution >= 0.6 is 0 Å². The molecule has 1 aliphatic heterocycles. The van der Waals surface area contributed by atoms with Gasteiger partial charge in [0.05, 0.1) is 11.2 Å². The van der Waals surface area contributed by atoms with Crippen molar-refractivity contribution in [2.24, 2.45) is 5.92 Å². The summed E-state index contributed by atoms with van der Waals surface area (Å²) in [5, 5.41) is 3.67. The van der Waals surface area contributed by atoms with Gasteiger partial charge in [-0.05, 0) is 54.1 Å². The highest BCUT2D eigenvalue weighted by molar-refractivity contribution is 5.06. The quantitative estimate of drug-likeness (QED) is 0.829. The molecule has 0 bridgehead atoms. The maximum absolute atomic E-state index is 6.36. The normalized spacial score (nSPS) is 33.6. The summed E-state index contributed by atoms with van der Waals surface area (Å²) in [4.78, 5) is 2.56. The molecule has 1 heterocycles. The highest BCUT2D eigenvalue weighted by atomic mass is 16.5. The molecule has 0 aromatic rings. The van der Waals surface area contributed by atoms with Crippen LogP contribution in [-0.4, -0.2) is 48.3 Å². The lowest BCUT2D eigenvalue weighted by Gasteiger charge is -2.40. The average Bonchev–Trinajstić information content (AvgIpc) is 2.33. The van der Waals surface area contributed by atoms with E-state index in [9.17, 15) is 0 Å². The van der Waals surface area contributed by atoms with E-state index >= 15 is 0 Å². The third-order valence-corrected chi connectivity index (χ3v) is 5.18. The first kappa shape index (κ1) is 15.3. The molecule has 2 rings (SSSR count). The molecule has 2 fully saturated rings. The van der Waals surface area contributed by atoms with Gasteiger partial charge >= 0.3 is 0 Å². The first-order chi connectivity index (χ1) is 8.78. The molecule has 3 heteroatoms. The molecule has 0 radical (unpaired) electrons. The molecule has 0 amide bonds. The van der Waals surface area contributed by atoms with Crippen LogP contribution in [0.1, 0.15) is 53.9 Å². The first-order valence-electron chi connectivity index (χ1n) is 7.91. The van der Waals surface area contributed by atoms with Gasteiger partial charge in [-0.2, -0.15) is 0 Å². The largest absolute Gasteiger partial charge is 0.368 e. The van der Waals surface area contributed by atoms with E-state index in [0.717, 1.165) is 19.1 Å². The number of rotatable bonds is 5. The highest BCUT2D eigenvalue weighted by Gasteiger charge is 2.53. The SMILES string of the molecule is CCNC1C(CN(C)C2CCC2)C(C)(C)OC1(C)C. The van der Waals surface area contributed by atoms with Crippen molar-refractivity contribution in [3.05, 3.63) is 0 Å². The van der Waals surface area contributed by atoms with Gasteiger partial charge < -0.3 is 15.0 Å². The van der Waals surface area contributed by atoms with Gasteiger partial charge in [0, 0.05) is 24.5 Å². The van der Waals surface area contributed by atoms with Crippen molar-refractivity contribution in [3.63, 3.8) is 0 Å². The maximum atomic E-state index is 6.36. The Labute approximate surface area is 119 Å². The number of hydrogen-bond donors (Lipinski definition) is 1. The summed E-state index contributed by atoms with van der Waals surface area (Å²) >= 11 is 0. The number of nitrogens with zero attached hydrogens (tertiary/aromatic N) is 1. The zero-order valence-electron chi connectivity index (χ0n) is 13.6. The van der Waals surface area contributed by atoms with Crippen LogP contribution < -0.4 is 5.32 Å². The van der Waals surface area contributed by atoms with Crippen molar-refractivity contribution in [1.29, 1.82) is 0 Å². The summed E-state index contributed by atoms with van der Waals surface area (Å²) in [6, 6.07) is 1.25. The van der Waals surface area contributed by atoms with Crippen molar-refractivity contribution in [2.75, 3.05) is 20.1 Å². The Kier molecular flexibility index (Phi) is 4.29. The van der Waals surface area contributed by atoms with E-state index in [0.29, 0.717) is 12.0 Å². The molecule has 112 valence electrons. The summed E-state index contributed by atoms with van der Waals surface area (Å²) in [5.41, 5.74) is -0.126. The minimum Gasteiger partial charge on any atom is -0.368 e. The predicted octanol–water partition coefficient (Wildman–Crippen LogP) is 2.65. The summed E-state index contributed by atoms with van der Waals surface area (Å²) in [5.74, 6) is 0.549. The molecule has 2 aliphatic rings. The van der Waals surface area contributed by atoms with Gasteiger partial charge in [-0.1, -0.05) is 13.3 Å². The van der Waals surface area contributed by atoms with Gasteiger partial charge in [0.2, 0.25) is 0 Å². The van der Waals surface area contributed by atoms with Crippen LogP contribution in [0.4, 0.5) is 0 Å². The molecule has 2 atom stereocenters. The van der Waals surface area contributed by atoms with Gasteiger partial charge in [-0.25, -0.2) is 0 Å². The van der Waals surface area contributed by atoms with Crippen LogP contribution in [0.15, 0.2) is 0 Å². The Hall–Kier alpha value is -0.120. The van der Waals surface area contributed by atoms with Crippen molar-refractivity contribution in [1.82, 2.24) is 10.2 Å². The molecule has 2 unspecified atom stereocenters. The van der Waals surface area contributed by atoms with E-state index in [2.05, 4.69) is 51.9 Å². The van der Waals surface area contributed by atoms with Gasteiger partial charge in [0.15, 0.2) is 0 Å². The Balaban J connectivity index is 2.09. The third kappa shape index (κ3) is 2.98. The Morgan fingerprint density at radius 3 is 2.26 bits per heavy atom. The molecule has 1 saturated carbocycles. The second-order valence-electron chi connectivity index (χ2n) is 7.48. The van der Waals surface area contributed by atoms with E-state index in [1.807, 2.05) is 0 Å². The smallest absolute Gasteiger partial charge is 0.0790 e. The maximum Gasteiger partial charge on any atom is 0.0790 e. The average molecular weight is 268 g/mol. The summed E-state index contributed by atoms with van der Waals surface area (Å²) in [6.07, 6.45) is 4.15. The van der Waals surface area contributed by atoms with Crippen LogP contribution in [0, 0.1) is 5.92 Å². The lowest BCUT2D eigenvalue weighted by atomic mass is 9.81. The lowest BCUT2D eigenvalue weighted by molar-refractivity contribution is -0.0803. The summed E-state index contributed by atoms with van der Waals surface area (Å²) < 4.78 is 6.36. The second kappa shape index (κ2) is 5.34. The molecule has 1 saturated heterocycles. The first-order valence-corrected chi connectivity index (χ1v) is 7.91. The van der Waals surface area contributed by atoms with Crippen LogP contribution in [0.5, 0.6) is 0 Å². The lowest BCUT2D eigenvalue weighted by Crippen LogP contribution is -2.52. The van der Waals surface area contributed by atoms with Crippen LogP contribution in [-0.2, 0) is 4.74 Å². The standard InChI is InChI=1S/C16H32N2O/c1-7-17-14-13(11-18(6)12-9-8-10-12)15(2,3)19-16(14,4)5/h12-14,17H,7-11H2,1-6H3. The summed E-state index contributed by atoms with van der Waals surface area (Å²) in [6.45, 7) is 13.3. The Morgan fingerprint density at radius 1 is 1.16 bits per heavy atom. The fourth-order valence-corrected chi connectivity index (χ4v) is 3.92. The molecule has 0 aromatic heterocycles. The summed E-state index contributed by atoms with van der Waals surface area (Å²) in [7, 11) is 2.29. The molecule has 0 aromatic carbocycles. The number of likely N-dealkylation sites (N-methyl/N-ethyl adjacent to an activating group) is 1. The van der Waals surface area contributed by atoms with E-state index in [1.54, 1.807) is 0 Å². The molecular formula is C16H32N2O. The van der Waals surface area contributed by atoms with Crippen LogP contribution in [0.2, 0.25) is 0 Å². The van der Waals surface area contributed by atoms with Crippen molar-refractivity contribution < 1.29 is 4.74 Å². The molecule has 1 N–H and O–H groups in total. The zero-order valence-corrected chi connectivity index (χ0v) is 13.6. The topological polar surface area (TPSA) is 24.5 Å². The third-order valence-electron chi connectivity index (χ3n) is 5.18. The van der Waals surface area contributed by atoms with Crippen LogP contribution in [0.3, 0.4) is 0 Å². The minimum absolute atomic E-state index is 0.0473. The molecule has 1 aliphatic carbocycles. The fourth-order valence-electron chi connectivity index (χ4n) is 3.92. The monoisotopic (exact) mass is 268 g/mol. The van der Waals surface area contributed by atoms with E-state index in [1.165, 1.54) is 19.3 Å². The van der Waals surface area contributed by atoms with Gasteiger partial charge in [0.1, 0.15) is 0 Å². The van der Waals surface area contributed by atoms with Gasteiger partial charge in [0.25, 0.3) is 0 Å². The molecule has 0 spiro atoms. The zero-order chi connectivity index (χ0) is 14.3. The highest BCUT2D eigenvalue weighted by Crippen LogP contribution is 2.43. The fraction of sp³-hybridized carbons (Fsp3) is 1.00. The molecule has 19 heavy (non-hydrogen) atoms. The van der Waals surface area contributed by atoms with E-state index in [4.69, 9.17) is 4.74 Å². The van der Waals surface area contributed by atoms with Crippen molar-refractivity contribution >= 4 is 0 Å². The molecular weight excluding hydrogens is 236 g/mol.